The number of benzene rings is 1. The maximum absolute atomic E-state index is 12.1. The predicted octanol–water partition coefficient (Wildman–Crippen LogP) is 1.81. The highest BCUT2D eigenvalue weighted by molar-refractivity contribution is 5.93. The molecule has 0 unspecified atom stereocenters. The van der Waals surface area contributed by atoms with Crippen molar-refractivity contribution in [3.63, 3.8) is 0 Å². The minimum Gasteiger partial charge on any atom is -0.379 e. The molecule has 1 aliphatic carbocycles. The van der Waals surface area contributed by atoms with E-state index in [0.717, 1.165) is 76.0 Å². The third-order valence-electron chi connectivity index (χ3n) is 5.26. The van der Waals surface area contributed by atoms with Gasteiger partial charge < -0.3 is 20.7 Å². The van der Waals surface area contributed by atoms with E-state index in [9.17, 15) is 4.79 Å². The number of carbonyl (C=O) groups is 1. The number of nitrogens with zero attached hydrogens (tertiary/aromatic N) is 2. The van der Waals surface area contributed by atoms with Gasteiger partial charge in [-0.2, -0.15) is 0 Å². The zero-order valence-electron chi connectivity index (χ0n) is 16.9. The third-order valence-corrected chi connectivity index (χ3v) is 5.26. The van der Waals surface area contributed by atoms with Crippen molar-refractivity contribution in [1.82, 2.24) is 15.5 Å². The number of nitrogens with one attached hydrogen (secondary N) is 3. The lowest BCUT2D eigenvalue weighted by Crippen LogP contribution is -2.44. The minimum absolute atomic E-state index is 0.144. The van der Waals surface area contributed by atoms with Crippen molar-refractivity contribution < 1.29 is 9.53 Å². The first-order valence-electron chi connectivity index (χ1n) is 10.5. The molecule has 0 atom stereocenters. The number of hydrogen-bond donors (Lipinski definition) is 3. The second-order valence-electron chi connectivity index (χ2n) is 7.39. The molecule has 0 radical (unpaired) electrons. The van der Waals surface area contributed by atoms with Crippen LogP contribution in [0.2, 0.25) is 0 Å². The zero-order valence-corrected chi connectivity index (χ0v) is 16.9. The lowest BCUT2D eigenvalue weighted by molar-refractivity contribution is -0.122. The minimum atomic E-state index is 0.144. The summed E-state index contributed by atoms with van der Waals surface area (Å²) in [6.45, 7) is 8.92. The van der Waals surface area contributed by atoms with Crippen LogP contribution in [0.25, 0.3) is 0 Å². The summed E-state index contributed by atoms with van der Waals surface area (Å²) in [4.78, 5) is 19.2. The quantitative estimate of drug-likeness (QED) is 0.468. The van der Waals surface area contributed by atoms with Crippen LogP contribution in [-0.2, 0) is 16.1 Å². The smallest absolute Gasteiger partial charge is 0.227 e. The molecule has 1 saturated carbocycles. The number of amides is 1. The van der Waals surface area contributed by atoms with E-state index in [0.29, 0.717) is 6.54 Å². The van der Waals surface area contributed by atoms with Crippen molar-refractivity contribution in [2.24, 2.45) is 10.9 Å². The van der Waals surface area contributed by atoms with Crippen LogP contribution in [0.5, 0.6) is 0 Å². The maximum atomic E-state index is 12.1. The fourth-order valence-corrected chi connectivity index (χ4v) is 3.33. The largest absolute Gasteiger partial charge is 0.379 e. The second-order valence-corrected chi connectivity index (χ2v) is 7.39. The second kappa shape index (κ2) is 11.0. The Bertz CT molecular complexity index is 654. The van der Waals surface area contributed by atoms with Gasteiger partial charge in [0.05, 0.1) is 19.8 Å². The molecule has 0 bridgehead atoms. The molecule has 1 aliphatic heterocycles. The zero-order chi connectivity index (χ0) is 19.6. The third kappa shape index (κ3) is 6.49. The van der Waals surface area contributed by atoms with Gasteiger partial charge >= 0.3 is 0 Å². The number of rotatable bonds is 8. The molecule has 1 amide bonds. The predicted molar refractivity (Wildman–Crippen MR) is 112 cm³/mol. The molecule has 1 aromatic carbocycles. The van der Waals surface area contributed by atoms with Gasteiger partial charge in [-0.25, -0.2) is 4.99 Å². The van der Waals surface area contributed by atoms with Gasteiger partial charge in [0.25, 0.3) is 0 Å². The maximum Gasteiger partial charge on any atom is 0.227 e. The van der Waals surface area contributed by atoms with Gasteiger partial charge in [0.2, 0.25) is 5.91 Å². The van der Waals surface area contributed by atoms with Gasteiger partial charge in [-0.1, -0.05) is 18.6 Å². The van der Waals surface area contributed by atoms with Gasteiger partial charge in [-0.05, 0) is 37.5 Å². The van der Waals surface area contributed by atoms with E-state index in [1.165, 1.54) is 6.42 Å². The monoisotopic (exact) mass is 387 g/mol. The van der Waals surface area contributed by atoms with Crippen molar-refractivity contribution in [1.29, 1.82) is 0 Å². The average molecular weight is 388 g/mol. The van der Waals surface area contributed by atoms with Gasteiger partial charge in [0.1, 0.15) is 0 Å². The number of anilines is 1. The van der Waals surface area contributed by atoms with Crippen molar-refractivity contribution in [2.75, 3.05) is 51.3 Å². The SMILES string of the molecule is CCNC(=NCc1cccc(NC(=O)C2CCC2)c1)NCCN1CCOCC1. The van der Waals surface area contributed by atoms with Gasteiger partial charge in [-0.15, -0.1) is 0 Å². The number of hydrogen-bond acceptors (Lipinski definition) is 4. The molecule has 1 saturated heterocycles. The fraction of sp³-hybridized carbons (Fsp3) is 0.619. The average Bonchev–Trinajstić information content (AvgIpc) is 2.66. The van der Waals surface area contributed by atoms with E-state index < -0.39 is 0 Å². The number of guanidine groups is 1. The Morgan fingerprint density at radius 3 is 2.79 bits per heavy atom. The topological polar surface area (TPSA) is 78.0 Å². The molecular weight excluding hydrogens is 354 g/mol. The summed E-state index contributed by atoms with van der Waals surface area (Å²) in [6.07, 6.45) is 3.19. The molecule has 3 rings (SSSR count). The summed E-state index contributed by atoms with van der Waals surface area (Å²) in [5.41, 5.74) is 1.94. The van der Waals surface area contributed by atoms with Crippen LogP contribution in [0.1, 0.15) is 31.7 Å². The molecule has 1 heterocycles. The normalized spacial score (nSPS) is 18.4. The number of aliphatic imine (C=N–C) groups is 1. The van der Waals surface area contributed by atoms with Gasteiger partial charge in [0, 0.05) is 44.3 Å². The van der Waals surface area contributed by atoms with Crippen LogP contribution in [0.15, 0.2) is 29.3 Å². The fourth-order valence-electron chi connectivity index (χ4n) is 3.33. The van der Waals surface area contributed by atoms with Crippen molar-refractivity contribution >= 4 is 17.6 Å². The Morgan fingerprint density at radius 1 is 1.25 bits per heavy atom. The molecular formula is C21H33N5O2. The molecule has 7 nitrogen and oxygen atoms in total. The highest BCUT2D eigenvalue weighted by atomic mass is 16.5. The summed E-state index contributed by atoms with van der Waals surface area (Å²) < 4.78 is 5.39. The first-order chi connectivity index (χ1) is 13.7. The molecule has 2 fully saturated rings. The Labute approximate surface area is 167 Å². The van der Waals surface area contributed by atoms with Gasteiger partial charge in [-0.3, -0.25) is 9.69 Å². The summed E-state index contributed by atoms with van der Waals surface area (Å²) in [5.74, 6) is 1.15. The first kappa shape index (κ1) is 20.6. The molecule has 28 heavy (non-hydrogen) atoms. The molecule has 0 aromatic heterocycles. The van der Waals surface area contributed by atoms with E-state index in [4.69, 9.17) is 4.74 Å². The van der Waals surface area contributed by atoms with Crippen molar-refractivity contribution in [2.45, 2.75) is 32.7 Å². The van der Waals surface area contributed by atoms with Crippen molar-refractivity contribution in [3.8, 4) is 0 Å². The number of carbonyl (C=O) groups excluding carboxylic acids is 1. The van der Waals surface area contributed by atoms with E-state index in [1.54, 1.807) is 0 Å². The lowest BCUT2D eigenvalue weighted by Gasteiger charge is -2.26. The summed E-state index contributed by atoms with van der Waals surface area (Å²) >= 11 is 0. The summed E-state index contributed by atoms with van der Waals surface area (Å²) in [7, 11) is 0. The van der Waals surface area contributed by atoms with E-state index in [2.05, 4.69) is 32.8 Å². The van der Waals surface area contributed by atoms with Crippen LogP contribution in [0.4, 0.5) is 5.69 Å². The van der Waals surface area contributed by atoms with E-state index in [1.807, 2.05) is 24.3 Å². The van der Waals surface area contributed by atoms with Crippen LogP contribution in [0, 0.1) is 5.92 Å². The van der Waals surface area contributed by atoms with E-state index >= 15 is 0 Å². The summed E-state index contributed by atoms with van der Waals surface area (Å²) in [5, 5.41) is 9.73. The summed E-state index contributed by atoms with van der Waals surface area (Å²) in [6, 6.07) is 7.97. The first-order valence-corrected chi connectivity index (χ1v) is 10.5. The van der Waals surface area contributed by atoms with Crippen LogP contribution >= 0.6 is 0 Å². The molecule has 2 aliphatic rings. The Kier molecular flexibility index (Phi) is 8.11. The van der Waals surface area contributed by atoms with Crippen LogP contribution < -0.4 is 16.0 Å². The Morgan fingerprint density at radius 2 is 2.07 bits per heavy atom. The molecule has 154 valence electrons. The molecule has 7 heteroatoms. The van der Waals surface area contributed by atoms with Crippen LogP contribution in [-0.4, -0.2) is 62.7 Å². The Hall–Kier alpha value is -2.12. The highest BCUT2D eigenvalue weighted by Crippen LogP contribution is 2.27. The molecule has 0 spiro atoms. The number of ether oxygens (including phenoxy) is 1. The molecule has 3 N–H and O–H groups in total. The molecule has 1 aromatic rings. The number of morpholine rings is 1. The van der Waals surface area contributed by atoms with Gasteiger partial charge in [0.15, 0.2) is 5.96 Å². The standard InChI is InChI=1S/C21H33N5O2/c1-2-22-21(23-9-10-26-11-13-28-14-12-26)24-16-17-5-3-8-19(15-17)25-20(27)18-6-4-7-18/h3,5,8,15,18H,2,4,6-7,9-14,16H2,1H3,(H,25,27)(H2,22,23,24). The Balaban J connectivity index is 1.48. The lowest BCUT2D eigenvalue weighted by atomic mass is 9.85. The van der Waals surface area contributed by atoms with E-state index in [-0.39, 0.29) is 11.8 Å². The highest BCUT2D eigenvalue weighted by Gasteiger charge is 2.25. The van der Waals surface area contributed by atoms with Crippen LogP contribution in [0.3, 0.4) is 0 Å². The van der Waals surface area contributed by atoms with Crippen molar-refractivity contribution in [3.05, 3.63) is 29.8 Å².